The first kappa shape index (κ1) is 16.3. The van der Waals surface area contributed by atoms with Crippen LogP contribution in [0.3, 0.4) is 0 Å². The lowest BCUT2D eigenvalue weighted by molar-refractivity contribution is 0.0461. The largest absolute Gasteiger partial charge is 0.467 e. The molecule has 0 unspecified atom stereocenters. The van der Waals surface area contributed by atoms with E-state index in [9.17, 15) is 5.11 Å². The number of hydrogen-bond acceptors (Lipinski definition) is 5. The van der Waals surface area contributed by atoms with Crippen LogP contribution in [0, 0.1) is 0 Å². The van der Waals surface area contributed by atoms with Crippen molar-refractivity contribution in [1.82, 2.24) is 0 Å². The molecule has 2 aromatic rings. The average molecular weight is 304 g/mol. The number of hydrogen-bond donors (Lipinski definition) is 1. The van der Waals surface area contributed by atoms with Gasteiger partial charge in [0.05, 0.1) is 6.61 Å². The van der Waals surface area contributed by atoms with Crippen molar-refractivity contribution >= 4 is 0 Å². The second-order valence-corrected chi connectivity index (χ2v) is 4.58. The Balaban J connectivity index is 2.48. The molecule has 0 spiro atoms. The smallest absolute Gasteiger partial charge is 0.188 e. The van der Waals surface area contributed by atoms with Crippen molar-refractivity contribution in [3.05, 3.63) is 48.0 Å². The second-order valence-electron chi connectivity index (χ2n) is 4.58. The van der Waals surface area contributed by atoms with Gasteiger partial charge in [-0.2, -0.15) is 0 Å². The van der Waals surface area contributed by atoms with Gasteiger partial charge in [0.2, 0.25) is 0 Å². The zero-order chi connectivity index (χ0) is 15.8. The number of aliphatic hydroxyl groups excluding tert-OH is 1. The Bertz CT molecular complexity index is 583. The maximum atomic E-state index is 9.71. The van der Waals surface area contributed by atoms with Gasteiger partial charge in [0.25, 0.3) is 0 Å². The summed E-state index contributed by atoms with van der Waals surface area (Å²) < 4.78 is 21.0. The Kier molecular flexibility index (Phi) is 6.21. The number of methoxy groups -OCH3 is 2. The van der Waals surface area contributed by atoms with E-state index in [2.05, 4.69) is 0 Å². The van der Waals surface area contributed by atoms with Crippen molar-refractivity contribution in [2.45, 2.75) is 6.61 Å². The molecule has 0 amide bonds. The highest BCUT2D eigenvalue weighted by molar-refractivity contribution is 5.75. The molecule has 0 aliphatic rings. The Hall–Kier alpha value is -2.08. The zero-order valence-electron chi connectivity index (χ0n) is 12.7. The van der Waals surface area contributed by atoms with E-state index in [1.165, 1.54) is 0 Å². The normalized spacial score (nSPS) is 10.5. The number of ether oxygens (including phenoxy) is 4. The molecule has 0 bridgehead atoms. The summed E-state index contributed by atoms with van der Waals surface area (Å²) in [6.07, 6.45) is 0. The van der Waals surface area contributed by atoms with E-state index in [0.717, 1.165) is 11.1 Å². The number of aliphatic hydroxyl groups is 1. The van der Waals surface area contributed by atoms with Crippen molar-refractivity contribution in [2.75, 3.05) is 27.8 Å². The van der Waals surface area contributed by atoms with Crippen LogP contribution in [-0.4, -0.2) is 32.9 Å². The van der Waals surface area contributed by atoms with Gasteiger partial charge in [0.15, 0.2) is 13.6 Å². The summed E-state index contributed by atoms with van der Waals surface area (Å²) in [7, 11) is 3.11. The Labute approximate surface area is 130 Å². The molecule has 5 nitrogen and oxygen atoms in total. The summed E-state index contributed by atoms with van der Waals surface area (Å²) in [4.78, 5) is 0. The maximum absolute atomic E-state index is 9.71. The maximum Gasteiger partial charge on any atom is 0.188 e. The summed E-state index contributed by atoms with van der Waals surface area (Å²) in [5.74, 6) is 1.15. The quantitative estimate of drug-likeness (QED) is 0.760. The van der Waals surface area contributed by atoms with Gasteiger partial charge in [-0.05, 0) is 17.2 Å². The molecule has 0 aromatic heterocycles. The predicted molar refractivity (Wildman–Crippen MR) is 82.8 cm³/mol. The van der Waals surface area contributed by atoms with Crippen LogP contribution >= 0.6 is 0 Å². The van der Waals surface area contributed by atoms with Crippen LogP contribution in [-0.2, 0) is 16.1 Å². The molecule has 1 N–H and O–H groups in total. The second kappa shape index (κ2) is 8.38. The molecule has 5 heteroatoms. The van der Waals surface area contributed by atoms with E-state index < -0.39 is 0 Å². The van der Waals surface area contributed by atoms with E-state index in [0.29, 0.717) is 17.1 Å². The van der Waals surface area contributed by atoms with Crippen molar-refractivity contribution in [1.29, 1.82) is 0 Å². The van der Waals surface area contributed by atoms with Gasteiger partial charge in [0, 0.05) is 25.8 Å². The zero-order valence-corrected chi connectivity index (χ0v) is 12.7. The number of rotatable bonds is 8. The van der Waals surface area contributed by atoms with Crippen molar-refractivity contribution in [2.24, 2.45) is 0 Å². The minimum absolute atomic E-state index is 0.110. The van der Waals surface area contributed by atoms with Gasteiger partial charge in [-0.3, -0.25) is 0 Å². The highest BCUT2D eigenvalue weighted by Gasteiger charge is 2.14. The lowest BCUT2D eigenvalue weighted by Crippen LogP contribution is -2.05. The van der Waals surface area contributed by atoms with Gasteiger partial charge in [-0.25, -0.2) is 0 Å². The van der Waals surface area contributed by atoms with Crippen LogP contribution in [0.25, 0.3) is 11.1 Å². The first-order valence-electron chi connectivity index (χ1n) is 6.86. The summed E-state index contributed by atoms with van der Waals surface area (Å²) in [6, 6.07) is 13.3. The standard InChI is InChI=1S/C17H20O5/c1-19-11-21-15-8-14(10-18)17(13-6-4-3-5-7-13)16(9-15)22-12-20-2/h3-9,18H,10-12H2,1-2H3. The van der Waals surface area contributed by atoms with E-state index >= 15 is 0 Å². The van der Waals surface area contributed by atoms with Gasteiger partial charge < -0.3 is 24.1 Å². The van der Waals surface area contributed by atoms with E-state index in [1.807, 2.05) is 30.3 Å². The number of benzene rings is 2. The fourth-order valence-electron chi connectivity index (χ4n) is 2.15. The molecule has 2 rings (SSSR count). The molecule has 118 valence electrons. The molecule has 22 heavy (non-hydrogen) atoms. The fraction of sp³-hybridized carbons (Fsp3) is 0.294. The molecule has 0 aliphatic heterocycles. The Morgan fingerprint density at radius 2 is 1.59 bits per heavy atom. The Morgan fingerprint density at radius 3 is 2.23 bits per heavy atom. The van der Waals surface area contributed by atoms with E-state index in [4.69, 9.17) is 18.9 Å². The fourth-order valence-corrected chi connectivity index (χ4v) is 2.15. The summed E-state index contributed by atoms with van der Waals surface area (Å²) in [5, 5.41) is 9.71. The topological polar surface area (TPSA) is 57.2 Å². The third kappa shape index (κ3) is 3.98. The lowest BCUT2D eigenvalue weighted by atomic mass is 9.98. The van der Waals surface area contributed by atoms with Crippen LogP contribution in [0.15, 0.2) is 42.5 Å². The molecule has 0 heterocycles. The molecule has 2 aromatic carbocycles. The van der Waals surface area contributed by atoms with Crippen LogP contribution in [0.4, 0.5) is 0 Å². The lowest BCUT2D eigenvalue weighted by Gasteiger charge is -2.17. The molecular formula is C17H20O5. The monoisotopic (exact) mass is 304 g/mol. The molecule has 0 atom stereocenters. The molecule has 0 saturated carbocycles. The SMILES string of the molecule is COCOc1cc(CO)c(-c2ccccc2)c(OCOC)c1. The summed E-state index contributed by atoms with van der Waals surface area (Å²) in [5.41, 5.74) is 2.49. The summed E-state index contributed by atoms with van der Waals surface area (Å²) in [6.45, 7) is 0.107. The molecule has 0 fully saturated rings. The van der Waals surface area contributed by atoms with Crippen molar-refractivity contribution in [3.8, 4) is 22.6 Å². The molecule has 0 radical (unpaired) electrons. The molecule has 0 saturated heterocycles. The highest BCUT2D eigenvalue weighted by atomic mass is 16.7. The minimum Gasteiger partial charge on any atom is -0.467 e. The predicted octanol–water partition coefficient (Wildman–Crippen LogP) is 2.81. The molecular weight excluding hydrogens is 284 g/mol. The van der Waals surface area contributed by atoms with Gasteiger partial charge in [0.1, 0.15) is 11.5 Å². The average Bonchev–Trinajstić information content (AvgIpc) is 2.58. The minimum atomic E-state index is -0.127. The molecule has 0 aliphatic carbocycles. The van der Waals surface area contributed by atoms with Crippen LogP contribution < -0.4 is 9.47 Å². The highest BCUT2D eigenvalue weighted by Crippen LogP contribution is 2.37. The van der Waals surface area contributed by atoms with Gasteiger partial charge >= 0.3 is 0 Å². The third-order valence-corrected chi connectivity index (χ3v) is 3.07. The van der Waals surface area contributed by atoms with Gasteiger partial charge in [-0.15, -0.1) is 0 Å². The van der Waals surface area contributed by atoms with Crippen LogP contribution in [0.2, 0.25) is 0 Å². The first-order chi connectivity index (χ1) is 10.8. The van der Waals surface area contributed by atoms with Crippen LogP contribution in [0.5, 0.6) is 11.5 Å². The summed E-state index contributed by atoms with van der Waals surface area (Å²) >= 11 is 0. The van der Waals surface area contributed by atoms with E-state index in [1.54, 1.807) is 26.4 Å². The van der Waals surface area contributed by atoms with Crippen molar-refractivity contribution in [3.63, 3.8) is 0 Å². The van der Waals surface area contributed by atoms with Crippen LogP contribution in [0.1, 0.15) is 5.56 Å². The van der Waals surface area contributed by atoms with E-state index in [-0.39, 0.29) is 20.2 Å². The first-order valence-corrected chi connectivity index (χ1v) is 6.86. The third-order valence-electron chi connectivity index (χ3n) is 3.07. The van der Waals surface area contributed by atoms with Gasteiger partial charge in [-0.1, -0.05) is 30.3 Å². The Morgan fingerprint density at radius 1 is 0.909 bits per heavy atom. The van der Waals surface area contributed by atoms with Crippen molar-refractivity contribution < 1.29 is 24.1 Å².